The zero-order valence-corrected chi connectivity index (χ0v) is 14.0. The molecule has 2 rings (SSSR count). The van der Waals surface area contributed by atoms with Crippen LogP contribution in [0.15, 0.2) is 0 Å². The Bertz CT molecular complexity index is 525. The van der Waals surface area contributed by atoms with Gasteiger partial charge >= 0.3 is 5.97 Å². The van der Waals surface area contributed by atoms with Gasteiger partial charge in [0.15, 0.2) is 0 Å². The van der Waals surface area contributed by atoms with Crippen LogP contribution in [0.4, 0.5) is 0 Å². The summed E-state index contributed by atoms with van der Waals surface area (Å²) in [7, 11) is 1.45. The minimum atomic E-state index is -0.606. The molecule has 1 aliphatic rings. The summed E-state index contributed by atoms with van der Waals surface area (Å²) in [6, 6.07) is 0.170. The number of hydrogen-bond donors (Lipinski definition) is 1. The van der Waals surface area contributed by atoms with Crippen molar-refractivity contribution in [2.24, 2.45) is 0 Å². The third-order valence-electron chi connectivity index (χ3n) is 4.40. The van der Waals surface area contributed by atoms with Crippen molar-refractivity contribution in [3.63, 3.8) is 0 Å². The summed E-state index contributed by atoms with van der Waals surface area (Å²) in [5.74, 6) is -0.179. The van der Waals surface area contributed by atoms with Crippen molar-refractivity contribution in [1.29, 1.82) is 0 Å². The SMILES string of the molecule is CCNC1(C(=O)OC)CCCC(n2nc(C)c(Cl)c2C)C1. The molecule has 2 unspecified atom stereocenters. The van der Waals surface area contributed by atoms with Gasteiger partial charge in [-0.25, -0.2) is 0 Å². The first-order valence-corrected chi connectivity index (χ1v) is 7.87. The molecule has 1 heterocycles. The molecule has 118 valence electrons. The Labute approximate surface area is 131 Å². The summed E-state index contributed by atoms with van der Waals surface area (Å²) < 4.78 is 7.01. The van der Waals surface area contributed by atoms with Crippen LogP contribution < -0.4 is 5.32 Å². The minimum Gasteiger partial charge on any atom is -0.468 e. The highest BCUT2D eigenvalue weighted by molar-refractivity contribution is 6.31. The van der Waals surface area contributed by atoms with Crippen LogP contribution in [0.5, 0.6) is 0 Å². The van der Waals surface area contributed by atoms with Crippen molar-refractivity contribution in [2.75, 3.05) is 13.7 Å². The number of esters is 1. The van der Waals surface area contributed by atoms with Crippen LogP contribution in [0.25, 0.3) is 0 Å². The molecule has 5 nitrogen and oxygen atoms in total. The minimum absolute atomic E-state index is 0.170. The van der Waals surface area contributed by atoms with Gasteiger partial charge in [0.1, 0.15) is 5.54 Å². The molecular formula is C15H24ClN3O2. The second kappa shape index (κ2) is 6.36. The number of nitrogens with zero attached hydrogens (tertiary/aromatic N) is 2. The molecule has 0 bridgehead atoms. The second-order valence-corrected chi connectivity index (χ2v) is 6.16. The van der Waals surface area contributed by atoms with Crippen molar-refractivity contribution in [3.8, 4) is 0 Å². The number of likely N-dealkylation sites (N-methyl/N-ethyl adjacent to an activating group) is 1. The van der Waals surface area contributed by atoms with E-state index in [0.29, 0.717) is 11.4 Å². The van der Waals surface area contributed by atoms with Crippen LogP contribution in [-0.4, -0.2) is 34.9 Å². The standard InChI is InChI=1S/C15H24ClN3O2/c1-5-17-15(14(20)21-4)8-6-7-12(9-15)19-11(3)13(16)10(2)18-19/h12,17H,5-9H2,1-4H3. The van der Waals surface area contributed by atoms with E-state index in [0.717, 1.165) is 37.2 Å². The normalized spacial score (nSPS) is 25.9. The second-order valence-electron chi connectivity index (χ2n) is 5.78. The molecule has 0 spiro atoms. The first-order valence-electron chi connectivity index (χ1n) is 7.50. The lowest BCUT2D eigenvalue weighted by Gasteiger charge is -2.39. The lowest BCUT2D eigenvalue weighted by molar-refractivity contribution is -0.150. The molecule has 1 fully saturated rings. The van der Waals surface area contributed by atoms with E-state index in [2.05, 4.69) is 10.4 Å². The molecule has 1 N–H and O–H groups in total. The number of carbonyl (C=O) groups excluding carboxylic acids is 1. The Kier molecular flexibility index (Phi) is 4.94. The highest BCUT2D eigenvalue weighted by atomic mass is 35.5. The van der Waals surface area contributed by atoms with Gasteiger partial charge in [0.2, 0.25) is 0 Å². The van der Waals surface area contributed by atoms with Crippen LogP contribution in [0.2, 0.25) is 5.02 Å². The molecule has 0 aliphatic heterocycles. The van der Waals surface area contributed by atoms with Crippen LogP contribution in [-0.2, 0) is 9.53 Å². The van der Waals surface area contributed by atoms with Crippen LogP contribution in [0.3, 0.4) is 0 Å². The number of methoxy groups -OCH3 is 1. The predicted molar refractivity (Wildman–Crippen MR) is 82.6 cm³/mol. The van der Waals surface area contributed by atoms with Crippen molar-refractivity contribution >= 4 is 17.6 Å². The van der Waals surface area contributed by atoms with E-state index in [1.54, 1.807) is 0 Å². The van der Waals surface area contributed by atoms with E-state index < -0.39 is 5.54 Å². The number of ether oxygens (including phenoxy) is 1. The molecule has 6 heteroatoms. The molecule has 0 radical (unpaired) electrons. The molecule has 2 atom stereocenters. The molecular weight excluding hydrogens is 290 g/mol. The number of halogens is 1. The topological polar surface area (TPSA) is 56.1 Å². The zero-order chi connectivity index (χ0) is 15.6. The largest absolute Gasteiger partial charge is 0.468 e. The van der Waals surface area contributed by atoms with E-state index in [4.69, 9.17) is 16.3 Å². The summed E-state index contributed by atoms with van der Waals surface area (Å²) in [4.78, 5) is 12.3. The molecule has 1 saturated carbocycles. The number of carbonyl (C=O) groups is 1. The van der Waals surface area contributed by atoms with Gasteiger partial charge in [0.25, 0.3) is 0 Å². The number of aromatic nitrogens is 2. The van der Waals surface area contributed by atoms with E-state index >= 15 is 0 Å². The average Bonchev–Trinajstić information content (AvgIpc) is 2.74. The predicted octanol–water partition coefficient (Wildman–Crippen LogP) is 2.79. The van der Waals surface area contributed by atoms with Crippen LogP contribution >= 0.6 is 11.6 Å². The lowest BCUT2D eigenvalue weighted by atomic mass is 9.78. The van der Waals surface area contributed by atoms with E-state index in [-0.39, 0.29) is 12.0 Å². The Morgan fingerprint density at radius 1 is 1.57 bits per heavy atom. The molecule has 1 aliphatic carbocycles. The van der Waals surface area contributed by atoms with Gasteiger partial charge in [-0.3, -0.25) is 9.48 Å². The first kappa shape index (κ1) is 16.3. The van der Waals surface area contributed by atoms with Gasteiger partial charge in [0.05, 0.1) is 29.6 Å². The fourth-order valence-corrected chi connectivity index (χ4v) is 3.53. The van der Waals surface area contributed by atoms with Gasteiger partial charge in [-0.15, -0.1) is 0 Å². The van der Waals surface area contributed by atoms with Crippen molar-refractivity contribution < 1.29 is 9.53 Å². The zero-order valence-electron chi connectivity index (χ0n) is 13.2. The van der Waals surface area contributed by atoms with E-state index in [9.17, 15) is 4.79 Å². The maximum absolute atomic E-state index is 12.3. The Morgan fingerprint density at radius 3 is 2.81 bits per heavy atom. The summed E-state index contributed by atoms with van der Waals surface area (Å²) in [6.07, 6.45) is 3.45. The van der Waals surface area contributed by atoms with Gasteiger partial charge < -0.3 is 10.1 Å². The van der Waals surface area contributed by atoms with Gasteiger partial charge in [-0.1, -0.05) is 18.5 Å². The highest BCUT2D eigenvalue weighted by Gasteiger charge is 2.44. The molecule has 1 aromatic heterocycles. The monoisotopic (exact) mass is 313 g/mol. The van der Waals surface area contributed by atoms with E-state index in [1.165, 1.54) is 7.11 Å². The Morgan fingerprint density at radius 2 is 2.29 bits per heavy atom. The van der Waals surface area contributed by atoms with Gasteiger partial charge in [-0.2, -0.15) is 5.10 Å². The third kappa shape index (κ3) is 2.94. The fraction of sp³-hybridized carbons (Fsp3) is 0.733. The van der Waals surface area contributed by atoms with Crippen molar-refractivity contribution in [2.45, 2.75) is 58.0 Å². The Hall–Kier alpha value is -1.07. The highest BCUT2D eigenvalue weighted by Crippen LogP contribution is 2.38. The summed E-state index contributed by atoms with van der Waals surface area (Å²) in [6.45, 7) is 6.63. The first-order chi connectivity index (χ1) is 9.95. The van der Waals surface area contributed by atoms with Crippen LogP contribution in [0, 0.1) is 13.8 Å². The number of aryl methyl sites for hydroxylation is 1. The molecule has 21 heavy (non-hydrogen) atoms. The molecule has 1 aromatic rings. The average molecular weight is 314 g/mol. The maximum atomic E-state index is 12.3. The molecule has 0 saturated heterocycles. The number of nitrogens with one attached hydrogen (secondary N) is 1. The smallest absolute Gasteiger partial charge is 0.326 e. The number of hydrogen-bond acceptors (Lipinski definition) is 4. The Balaban J connectivity index is 2.30. The van der Waals surface area contributed by atoms with Crippen molar-refractivity contribution in [3.05, 3.63) is 16.4 Å². The summed E-state index contributed by atoms with van der Waals surface area (Å²) in [5, 5.41) is 8.61. The van der Waals surface area contributed by atoms with Gasteiger partial charge in [-0.05, 0) is 46.1 Å². The quantitative estimate of drug-likeness (QED) is 0.868. The lowest BCUT2D eigenvalue weighted by Crippen LogP contribution is -2.55. The third-order valence-corrected chi connectivity index (χ3v) is 4.95. The number of rotatable bonds is 4. The molecule has 0 aromatic carbocycles. The van der Waals surface area contributed by atoms with Gasteiger partial charge in [0, 0.05) is 0 Å². The van der Waals surface area contributed by atoms with Crippen LogP contribution in [0.1, 0.15) is 50.0 Å². The van der Waals surface area contributed by atoms with E-state index in [1.807, 2.05) is 25.5 Å². The van der Waals surface area contributed by atoms with Crippen molar-refractivity contribution in [1.82, 2.24) is 15.1 Å². The summed E-state index contributed by atoms with van der Waals surface area (Å²) in [5.41, 5.74) is 1.20. The summed E-state index contributed by atoms with van der Waals surface area (Å²) >= 11 is 6.25. The fourth-order valence-electron chi connectivity index (χ4n) is 3.40. The molecule has 0 amide bonds. The maximum Gasteiger partial charge on any atom is 0.326 e.